The second-order valence-electron chi connectivity index (χ2n) is 4.26. The fourth-order valence-corrected chi connectivity index (χ4v) is 2.03. The third-order valence-electron chi connectivity index (χ3n) is 2.43. The van der Waals surface area contributed by atoms with E-state index in [4.69, 9.17) is 0 Å². The Labute approximate surface area is 82.5 Å². The standard InChI is InChI=1S/C9H17F3N2/c1-7-3-8(5-14(2)4-7)13-6-9(10,11)12/h7-8,13H,3-6H2,1-2H3. The van der Waals surface area contributed by atoms with Crippen molar-refractivity contribution in [2.45, 2.75) is 25.6 Å². The van der Waals surface area contributed by atoms with Gasteiger partial charge in [-0.3, -0.25) is 0 Å². The quantitative estimate of drug-likeness (QED) is 0.742. The summed E-state index contributed by atoms with van der Waals surface area (Å²) in [6, 6.07) is -0.0228. The molecular formula is C9H17F3N2. The van der Waals surface area contributed by atoms with Gasteiger partial charge in [-0.05, 0) is 19.4 Å². The summed E-state index contributed by atoms with van der Waals surface area (Å²) in [5.41, 5.74) is 0. The van der Waals surface area contributed by atoms with E-state index in [-0.39, 0.29) is 6.04 Å². The summed E-state index contributed by atoms with van der Waals surface area (Å²) < 4.78 is 35.8. The number of hydrogen-bond donors (Lipinski definition) is 1. The van der Waals surface area contributed by atoms with Crippen LogP contribution in [0.4, 0.5) is 13.2 Å². The lowest BCUT2D eigenvalue weighted by atomic mass is 9.96. The maximum atomic E-state index is 11.9. The Balaban J connectivity index is 2.30. The first-order valence-corrected chi connectivity index (χ1v) is 4.85. The molecule has 1 rings (SSSR count). The molecule has 0 saturated carbocycles. The summed E-state index contributed by atoms with van der Waals surface area (Å²) in [7, 11) is 1.94. The molecule has 1 fully saturated rings. The van der Waals surface area contributed by atoms with Gasteiger partial charge in [-0.2, -0.15) is 13.2 Å². The zero-order valence-electron chi connectivity index (χ0n) is 8.56. The Morgan fingerprint density at radius 3 is 2.50 bits per heavy atom. The minimum atomic E-state index is -4.10. The molecule has 1 aliphatic heterocycles. The zero-order chi connectivity index (χ0) is 10.8. The molecule has 0 radical (unpaired) electrons. The van der Waals surface area contributed by atoms with E-state index in [1.807, 2.05) is 7.05 Å². The molecule has 2 atom stereocenters. The van der Waals surface area contributed by atoms with Gasteiger partial charge in [-0.25, -0.2) is 0 Å². The van der Waals surface area contributed by atoms with Crippen LogP contribution in [0, 0.1) is 5.92 Å². The van der Waals surface area contributed by atoms with Crippen LogP contribution in [-0.4, -0.2) is 43.8 Å². The molecule has 1 N–H and O–H groups in total. The van der Waals surface area contributed by atoms with E-state index < -0.39 is 12.7 Å². The van der Waals surface area contributed by atoms with Crippen LogP contribution in [0.3, 0.4) is 0 Å². The van der Waals surface area contributed by atoms with Gasteiger partial charge in [0.2, 0.25) is 0 Å². The van der Waals surface area contributed by atoms with Gasteiger partial charge in [0.1, 0.15) is 0 Å². The average molecular weight is 210 g/mol. The topological polar surface area (TPSA) is 15.3 Å². The van der Waals surface area contributed by atoms with Crippen LogP contribution < -0.4 is 5.32 Å². The number of halogens is 3. The number of piperidine rings is 1. The van der Waals surface area contributed by atoms with Crippen LogP contribution in [0.1, 0.15) is 13.3 Å². The van der Waals surface area contributed by atoms with Crippen molar-refractivity contribution >= 4 is 0 Å². The number of nitrogens with one attached hydrogen (secondary N) is 1. The van der Waals surface area contributed by atoms with Crippen molar-refractivity contribution in [3.8, 4) is 0 Å². The highest BCUT2D eigenvalue weighted by Gasteiger charge is 2.30. The van der Waals surface area contributed by atoms with E-state index in [1.54, 1.807) is 0 Å². The molecule has 2 nitrogen and oxygen atoms in total. The number of likely N-dealkylation sites (N-methyl/N-ethyl adjacent to an activating group) is 1. The van der Waals surface area contributed by atoms with Crippen LogP contribution in [0.25, 0.3) is 0 Å². The Bertz CT molecular complexity index is 171. The summed E-state index contributed by atoms with van der Waals surface area (Å²) in [5.74, 6) is 0.472. The fraction of sp³-hybridized carbons (Fsp3) is 1.00. The van der Waals surface area contributed by atoms with Gasteiger partial charge in [-0.1, -0.05) is 6.92 Å². The van der Waals surface area contributed by atoms with E-state index in [1.165, 1.54) is 0 Å². The fourth-order valence-electron chi connectivity index (χ4n) is 2.03. The summed E-state index contributed by atoms with van der Waals surface area (Å²) in [6.07, 6.45) is -3.26. The lowest BCUT2D eigenvalue weighted by Gasteiger charge is -2.34. The zero-order valence-corrected chi connectivity index (χ0v) is 8.56. The monoisotopic (exact) mass is 210 g/mol. The lowest BCUT2D eigenvalue weighted by molar-refractivity contribution is -0.127. The highest BCUT2D eigenvalue weighted by atomic mass is 19.4. The van der Waals surface area contributed by atoms with E-state index in [9.17, 15) is 13.2 Å². The summed E-state index contributed by atoms with van der Waals surface area (Å²) >= 11 is 0. The molecule has 1 heterocycles. The molecule has 1 saturated heterocycles. The van der Waals surface area contributed by atoms with Gasteiger partial charge in [0, 0.05) is 19.1 Å². The Hall–Kier alpha value is -0.290. The van der Waals surface area contributed by atoms with E-state index in [0.29, 0.717) is 12.5 Å². The maximum absolute atomic E-state index is 11.9. The maximum Gasteiger partial charge on any atom is 0.401 e. The third kappa shape index (κ3) is 4.28. The third-order valence-corrected chi connectivity index (χ3v) is 2.43. The first-order chi connectivity index (χ1) is 6.37. The van der Waals surface area contributed by atoms with Gasteiger partial charge in [0.15, 0.2) is 0 Å². The number of rotatable bonds is 2. The van der Waals surface area contributed by atoms with E-state index >= 15 is 0 Å². The highest BCUT2D eigenvalue weighted by molar-refractivity contribution is 4.80. The largest absolute Gasteiger partial charge is 0.401 e. The minimum Gasteiger partial charge on any atom is -0.305 e. The Kier molecular flexibility index (Phi) is 3.78. The van der Waals surface area contributed by atoms with Gasteiger partial charge in [-0.15, -0.1) is 0 Å². The highest BCUT2D eigenvalue weighted by Crippen LogP contribution is 2.17. The SMILES string of the molecule is CC1CC(NCC(F)(F)F)CN(C)C1. The summed E-state index contributed by atoms with van der Waals surface area (Å²) in [6.45, 7) is 2.88. The normalized spacial score (nSPS) is 30.6. The molecule has 84 valence electrons. The predicted octanol–water partition coefficient (Wildman–Crippen LogP) is 1.48. The molecule has 0 aliphatic carbocycles. The Morgan fingerprint density at radius 2 is 2.00 bits per heavy atom. The molecule has 14 heavy (non-hydrogen) atoms. The summed E-state index contributed by atoms with van der Waals surface area (Å²) in [5, 5.41) is 2.56. The number of nitrogens with zero attached hydrogens (tertiary/aromatic N) is 1. The van der Waals surface area contributed by atoms with Crippen molar-refractivity contribution < 1.29 is 13.2 Å². The van der Waals surface area contributed by atoms with Gasteiger partial charge >= 0.3 is 6.18 Å². The van der Waals surface area contributed by atoms with E-state index in [2.05, 4.69) is 17.1 Å². The van der Waals surface area contributed by atoms with Gasteiger partial charge < -0.3 is 10.2 Å². The van der Waals surface area contributed by atoms with Crippen molar-refractivity contribution in [3.05, 3.63) is 0 Å². The van der Waals surface area contributed by atoms with Crippen LogP contribution in [0.2, 0.25) is 0 Å². The van der Waals surface area contributed by atoms with Crippen molar-refractivity contribution in [1.82, 2.24) is 10.2 Å². The average Bonchev–Trinajstić information content (AvgIpc) is 1.97. The molecule has 0 aromatic rings. The van der Waals surface area contributed by atoms with Crippen LogP contribution in [0.15, 0.2) is 0 Å². The van der Waals surface area contributed by atoms with Crippen LogP contribution in [-0.2, 0) is 0 Å². The van der Waals surface area contributed by atoms with Crippen molar-refractivity contribution in [2.24, 2.45) is 5.92 Å². The van der Waals surface area contributed by atoms with Crippen molar-refractivity contribution in [2.75, 3.05) is 26.7 Å². The van der Waals surface area contributed by atoms with Gasteiger partial charge in [0.25, 0.3) is 0 Å². The smallest absolute Gasteiger partial charge is 0.305 e. The second kappa shape index (κ2) is 4.49. The molecule has 5 heteroatoms. The van der Waals surface area contributed by atoms with Gasteiger partial charge in [0.05, 0.1) is 6.54 Å². The van der Waals surface area contributed by atoms with E-state index in [0.717, 1.165) is 13.0 Å². The first-order valence-electron chi connectivity index (χ1n) is 4.85. The van der Waals surface area contributed by atoms with Crippen molar-refractivity contribution in [1.29, 1.82) is 0 Å². The molecule has 0 spiro atoms. The van der Waals surface area contributed by atoms with Crippen LogP contribution >= 0.6 is 0 Å². The molecule has 0 aromatic carbocycles. The second-order valence-corrected chi connectivity index (χ2v) is 4.26. The molecular weight excluding hydrogens is 193 g/mol. The number of likely N-dealkylation sites (tertiary alicyclic amines) is 1. The molecule has 0 aromatic heterocycles. The lowest BCUT2D eigenvalue weighted by Crippen LogP contribution is -2.49. The summed E-state index contributed by atoms with van der Waals surface area (Å²) in [4.78, 5) is 2.07. The van der Waals surface area contributed by atoms with Crippen molar-refractivity contribution in [3.63, 3.8) is 0 Å². The first kappa shape index (κ1) is 11.8. The number of alkyl halides is 3. The predicted molar refractivity (Wildman–Crippen MR) is 49.1 cm³/mol. The molecule has 0 bridgehead atoms. The number of hydrogen-bond acceptors (Lipinski definition) is 2. The molecule has 2 unspecified atom stereocenters. The molecule has 0 amide bonds. The Morgan fingerprint density at radius 1 is 1.36 bits per heavy atom. The van der Waals surface area contributed by atoms with Crippen LogP contribution in [0.5, 0.6) is 0 Å². The minimum absolute atomic E-state index is 0.0228. The molecule has 1 aliphatic rings.